The Morgan fingerprint density at radius 1 is 1.42 bits per heavy atom. The van der Waals surface area contributed by atoms with Crippen molar-refractivity contribution >= 4 is 24.3 Å². The molecular weight excluding hydrogens is 268 g/mol. The maximum Gasteiger partial charge on any atom is 0.328 e. The Balaban J connectivity index is 0.00000180. The van der Waals surface area contributed by atoms with Crippen LogP contribution in [0.3, 0.4) is 0 Å². The second kappa shape index (κ2) is 7.11. The summed E-state index contributed by atoms with van der Waals surface area (Å²) in [6.07, 6.45) is 0.969. The Morgan fingerprint density at radius 2 is 2.11 bits per heavy atom. The number of benzene rings is 1. The molecule has 0 saturated carbocycles. The second-order valence-corrected chi connectivity index (χ2v) is 4.31. The molecule has 1 saturated heterocycles. The molecule has 1 aliphatic heterocycles. The highest BCUT2D eigenvalue weighted by molar-refractivity contribution is 5.88. The van der Waals surface area contributed by atoms with Crippen molar-refractivity contribution in [3.63, 3.8) is 0 Å². The van der Waals surface area contributed by atoms with Crippen LogP contribution in [-0.2, 0) is 20.7 Å². The number of hydrogen-bond donors (Lipinski definition) is 2. The molecule has 2 rings (SSSR count). The maximum atomic E-state index is 11.8. The van der Waals surface area contributed by atoms with Crippen LogP contribution in [0.25, 0.3) is 0 Å². The molecule has 1 fully saturated rings. The van der Waals surface area contributed by atoms with Crippen LogP contribution in [-0.4, -0.2) is 30.6 Å². The lowest BCUT2D eigenvalue weighted by Gasteiger charge is -2.14. The molecule has 104 valence electrons. The smallest absolute Gasteiger partial charge is 0.328 e. The largest absolute Gasteiger partial charge is 0.464 e. The first-order valence-corrected chi connectivity index (χ1v) is 5.93. The molecule has 6 heteroatoms. The topological polar surface area (TPSA) is 81.4 Å². The number of rotatable bonds is 4. The molecule has 0 aromatic heterocycles. The van der Waals surface area contributed by atoms with E-state index in [0.717, 1.165) is 5.56 Å². The lowest BCUT2D eigenvalue weighted by molar-refractivity contribution is -0.141. The zero-order valence-electron chi connectivity index (χ0n) is 10.4. The van der Waals surface area contributed by atoms with E-state index in [1.165, 1.54) is 0 Å². The van der Waals surface area contributed by atoms with Crippen LogP contribution in [0.1, 0.15) is 12.0 Å². The minimum atomic E-state index is -0.652. The molecule has 3 N–H and O–H groups in total. The summed E-state index contributed by atoms with van der Waals surface area (Å²) in [6.45, 7) is 0.359. The average molecular weight is 285 g/mol. The highest BCUT2D eigenvalue weighted by Crippen LogP contribution is 2.07. The third-order valence-corrected chi connectivity index (χ3v) is 2.89. The van der Waals surface area contributed by atoms with Crippen molar-refractivity contribution in [2.24, 2.45) is 5.73 Å². The van der Waals surface area contributed by atoms with Gasteiger partial charge in [-0.05, 0) is 12.0 Å². The summed E-state index contributed by atoms with van der Waals surface area (Å²) in [7, 11) is 0. The van der Waals surface area contributed by atoms with Gasteiger partial charge in [-0.1, -0.05) is 30.3 Å². The van der Waals surface area contributed by atoms with Gasteiger partial charge in [-0.15, -0.1) is 12.4 Å². The highest BCUT2D eigenvalue weighted by Gasteiger charge is 2.29. The molecule has 5 nitrogen and oxygen atoms in total. The van der Waals surface area contributed by atoms with Gasteiger partial charge in [0.25, 0.3) is 0 Å². The number of hydrogen-bond acceptors (Lipinski definition) is 4. The van der Waals surface area contributed by atoms with Gasteiger partial charge in [0.2, 0.25) is 5.91 Å². The van der Waals surface area contributed by atoms with Crippen molar-refractivity contribution in [3.8, 4) is 0 Å². The third kappa shape index (κ3) is 4.22. The van der Waals surface area contributed by atoms with Crippen LogP contribution >= 0.6 is 12.4 Å². The number of carbonyl (C=O) groups excluding carboxylic acids is 2. The number of nitrogens with one attached hydrogen (secondary N) is 1. The number of carbonyl (C=O) groups is 2. The monoisotopic (exact) mass is 284 g/mol. The van der Waals surface area contributed by atoms with Crippen molar-refractivity contribution in [1.82, 2.24) is 5.32 Å². The Morgan fingerprint density at radius 3 is 2.68 bits per heavy atom. The number of ether oxygens (including phenoxy) is 1. The number of nitrogens with two attached hydrogens (primary N) is 1. The van der Waals surface area contributed by atoms with Crippen molar-refractivity contribution < 1.29 is 14.3 Å². The van der Waals surface area contributed by atoms with Gasteiger partial charge >= 0.3 is 5.97 Å². The van der Waals surface area contributed by atoms with Crippen LogP contribution in [0.2, 0.25) is 0 Å². The average Bonchev–Trinajstić information content (AvgIpc) is 2.76. The Kier molecular flexibility index (Phi) is 5.79. The Bertz CT molecular complexity index is 439. The van der Waals surface area contributed by atoms with Crippen LogP contribution in [0, 0.1) is 0 Å². The van der Waals surface area contributed by atoms with E-state index in [4.69, 9.17) is 10.5 Å². The fourth-order valence-electron chi connectivity index (χ4n) is 1.87. The van der Waals surface area contributed by atoms with Gasteiger partial charge in [0.1, 0.15) is 6.04 Å². The quantitative estimate of drug-likeness (QED) is 0.785. The summed E-state index contributed by atoms with van der Waals surface area (Å²) in [4.78, 5) is 23.0. The summed E-state index contributed by atoms with van der Waals surface area (Å²) in [5, 5.41) is 2.61. The summed E-state index contributed by atoms with van der Waals surface area (Å²) in [6, 6.07) is 8.33. The molecule has 0 aliphatic carbocycles. The fraction of sp³-hybridized carbons (Fsp3) is 0.385. The predicted molar refractivity (Wildman–Crippen MR) is 72.9 cm³/mol. The molecule has 0 unspecified atom stereocenters. The van der Waals surface area contributed by atoms with E-state index in [0.29, 0.717) is 19.4 Å². The molecule has 0 bridgehead atoms. The van der Waals surface area contributed by atoms with E-state index >= 15 is 0 Å². The van der Waals surface area contributed by atoms with Crippen LogP contribution in [0.4, 0.5) is 0 Å². The van der Waals surface area contributed by atoms with E-state index in [1.54, 1.807) is 0 Å². The zero-order chi connectivity index (χ0) is 13.0. The van der Waals surface area contributed by atoms with Crippen molar-refractivity contribution in [3.05, 3.63) is 35.9 Å². The Hall–Kier alpha value is -1.59. The van der Waals surface area contributed by atoms with Crippen molar-refractivity contribution in [2.45, 2.75) is 24.9 Å². The molecule has 1 aromatic carbocycles. The summed E-state index contributed by atoms with van der Waals surface area (Å²) in [5.41, 5.74) is 6.80. The first-order chi connectivity index (χ1) is 8.66. The zero-order valence-corrected chi connectivity index (χ0v) is 11.2. The molecule has 1 amide bonds. The van der Waals surface area contributed by atoms with E-state index in [-0.39, 0.29) is 24.3 Å². The van der Waals surface area contributed by atoms with Crippen molar-refractivity contribution in [2.75, 3.05) is 6.61 Å². The van der Waals surface area contributed by atoms with Crippen molar-refractivity contribution in [1.29, 1.82) is 0 Å². The molecule has 1 heterocycles. The summed E-state index contributed by atoms with van der Waals surface area (Å²) in [5.74, 6) is -0.696. The predicted octanol–water partition coefficient (Wildman–Crippen LogP) is 0.410. The lowest BCUT2D eigenvalue weighted by Crippen LogP contribution is -2.47. The minimum absolute atomic E-state index is 0. The van der Waals surface area contributed by atoms with Crippen LogP contribution < -0.4 is 11.1 Å². The molecule has 1 aromatic rings. The Labute approximate surface area is 117 Å². The second-order valence-electron chi connectivity index (χ2n) is 4.31. The van der Waals surface area contributed by atoms with E-state index in [9.17, 15) is 9.59 Å². The fourth-order valence-corrected chi connectivity index (χ4v) is 1.87. The third-order valence-electron chi connectivity index (χ3n) is 2.89. The number of halogens is 1. The molecule has 0 spiro atoms. The minimum Gasteiger partial charge on any atom is -0.464 e. The van der Waals surface area contributed by atoms with Gasteiger partial charge < -0.3 is 15.8 Å². The van der Waals surface area contributed by atoms with E-state index < -0.39 is 12.1 Å². The first-order valence-electron chi connectivity index (χ1n) is 5.93. The van der Waals surface area contributed by atoms with Gasteiger partial charge in [-0.3, -0.25) is 4.79 Å². The SMILES string of the molecule is Cl.N[C@@H](Cc1ccccc1)C(=O)N[C@H]1CCOC1=O. The van der Waals surface area contributed by atoms with Gasteiger partial charge in [-0.2, -0.15) is 0 Å². The maximum absolute atomic E-state index is 11.8. The van der Waals surface area contributed by atoms with Gasteiger partial charge in [0.15, 0.2) is 0 Å². The summed E-state index contributed by atoms with van der Waals surface area (Å²) < 4.78 is 4.77. The summed E-state index contributed by atoms with van der Waals surface area (Å²) >= 11 is 0. The molecule has 0 radical (unpaired) electrons. The highest BCUT2D eigenvalue weighted by atomic mass is 35.5. The molecule has 1 aliphatic rings. The van der Waals surface area contributed by atoms with E-state index in [1.807, 2.05) is 30.3 Å². The lowest BCUT2D eigenvalue weighted by atomic mass is 10.1. The normalized spacial score (nSPS) is 19.2. The van der Waals surface area contributed by atoms with Gasteiger partial charge in [-0.25, -0.2) is 4.79 Å². The van der Waals surface area contributed by atoms with Crippen LogP contribution in [0.5, 0.6) is 0 Å². The molecule has 19 heavy (non-hydrogen) atoms. The number of esters is 1. The van der Waals surface area contributed by atoms with Gasteiger partial charge in [0, 0.05) is 6.42 Å². The standard InChI is InChI=1S/C13H16N2O3.ClH/c14-10(8-9-4-2-1-3-5-9)12(16)15-11-6-7-18-13(11)17;/h1-5,10-11H,6-8,14H2,(H,15,16);1H/t10-,11-;/m0./s1. The molecular formula is C13H17ClN2O3. The first kappa shape index (κ1) is 15.5. The van der Waals surface area contributed by atoms with Crippen LogP contribution in [0.15, 0.2) is 30.3 Å². The van der Waals surface area contributed by atoms with E-state index in [2.05, 4.69) is 5.32 Å². The van der Waals surface area contributed by atoms with Gasteiger partial charge in [0.05, 0.1) is 12.6 Å². The number of cyclic esters (lactones) is 1. The molecule has 2 atom stereocenters. The number of amides is 1.